The van der Waals surface area contributed by atoms with Crippen molar-refractivity contribution in [3.8, 4) is 11.5 Å². The molecule has 0 amide bonds. The van der Waals surface area contributed by atoms with Crippen LogP contribution in [0, 0.1) is 17.5 Å². The molecule has 0 atom stereocenters. The van der Waals surface area contributed by atoms with Gasteiger partial charge in [-0.1, -0.05) is 12.1 Å². The molecule has 0 bridgehead atoms. The number of rotatable bonds is 3. The molecule has 0 saturated heterocycles. The Balaban J connectivity index is 2.29. The van der Waals surface area contributed by atoms with Crippen molar-refractivity contribution in [3.05, 3.63) is 68.2 Å². The fraction of sp³-hybridized carbons (Fsp3) is 0.118. The number of pyridine rings is 1. The highest BCUT2D eigenvalue weighted by Gasteiger charge is 2.24. The molecule has 0 aliphatic rings. The zero-order chi connectivity index (χ0) is 18.3. The smallest absolute Gasteiger partial charge is 0.255 e. The monoisotopic (exact) mass is 413 g/mol. The van der Waals surface area contributed by atoms with E-state index in [-0.39, 0.29) is 6.54 Å². The SMILES string of the molecule is COc1ccc(Cn2c(=O)cc(O)c3c(F)c(F)c(Br)c(F)c32)cc1. The van der Waals surface area contributed by atoms with E-state index in [0.717, 1.165) is 10.6 Å². The minimum atomic E-state index is -1.48. The number of benzene rings is 2. The molecule has 2 aromatic carbocycles. The molecule has 0 saturated carbocycles. The van der Waals surface area contributed by atoms with Crippen molar-refractivity contribution in [3.63, 3.8) is 0 Å². The Labute approximate surface area is 148 Å². The highest BCUT2D eigenvalue weighted by molar-refractivity contribution is 9.10. The van der Waals surface area contributed by atoms with E-state index in [4.69, 9.17) is 4.74 Å². The van der Waals surface area contributed by atoms with Gasteiger partial charge in [0, 0.05) is 6.07 Å². The molecule has 0 spiro atoms. The minimum Gasteiger partial charge on any atom is -0.507 e. The van der Waals surface area contributed by atoms with E-state index >= 15 is 0 Å². The molecule has 4 nitrogen and oxygen atoms in total. The molecule has 130 valence electrons. The van der Waals surface area contributed by atoms with E-state index in [1.165, 1.54) is 7.11 Å². The van der Waals surface area contributed by atoms with Crippen LogP contribution in [0.5, 0.6) is 11.5 Å². The molecule has 0 unspecified atom stereocenters. The lowest BCUT2D eigenvalue weighted by Crippen LogP contribution is -2.22. The van der Waals surface area contributed by atoms with Crippen molar-refractivity contribution in [2.45, 2.75) is 6.54 Å². The van der Waals surface area contributed by atoms with Crippen LogP contribution in [-0.2, 0) is 6.54 Å². The molecule has 1 aromatic heterocycles. The third-order valence-electron chi connectivity index (χ3n) is 3.79. The second-order valence-corrected chi connectivity index (χ2v) is 6.07. The standard InChI is InChI=1S/C17H11BrF3NO3/c1-25-9-4-2-8(3-5-9)7-22-11(24)6-10(23)12-14(19)15(20)13(18)16(21)17(12)22/h2-6,23H,7H2,1H3. The van der Waals surface area contributed by atoms with Gasteiger partial charge in [-0.05, 0) is 33.6 Å². The predicted octanol–water partition coefficient (Wildman–Crippen LogP) is 3.94. The minimum absolute atomic E-state index is 0.103. The molecule has 0 aliphatic heterocycles. The molecule has 0 aliphatic carbocycles. The average molecular weight is 414 g/mol. The molecule has 0 radical (unpaired) electrons. The number of halogens is 4. The molecular formula is C17H11BrF3NO3. The van der Waals surface area contributed by atoms with Gasteiger partial charge in [0.05, 0.1) is 29.0 Å². The summed E-state index contributed by atoms with van der Waals surface area (Å²) in [7, 11) is 1.50. The third-order valence-corrected chi connectivity index (χ3v) is 4.49. The third kappa shape index (κ3) is 2.86. The van der Waals surface area contributed by atoms with Crippen LogP contribution in [0.15, 0.2) is 39.6 Å². The first-order valence-corrected chi connectivity index (χ1v) is 7.85. The fourth-order valence-electron chi connectivity index (χ4n) is 2.56. The summed E-state index contributed by atoms with van der Waals surface area (Å²) in [6, 6.07) is 7.32. The van der Waals surface area contributed by atoms with Gasteiger partial charge in [-0.2, -0.15) is 0 Å². The lowest BCUT2D eigenvalue weighted by Gasteiger charge is -2.14. The van der Waals surface area contributed by atoms with Gasteiger partial charge >= 0.3 is 0 Å². The number of fused-ring (bicyclic) bond motifs is 1. The Hall–Kier alpha value is -2.48. The molecule has 3 aromatic rings. The van der Waals surface area contributed by atoms with Crippen LogP contribution < -0.4 is 10.3 Å². The number of methoxy groups -OCH3 is 1. The van der Waals surface area contributed by atoms with Crippen molar-refractivity contribution >= 4 is 26.8 Å². The Kier molecular flexibility index (Phi) is 4.47. The highest BCUT2D eigenvalue weighted by Crippen LogP contribution is 2.34. The lowest BCUT2D eigenvalue weighted by molar-refractivity contribution is 0.414. The summed E-state index contributed by atoms with van der Waals surface area (Å²) in [6.07, 6.45) is 0. The van der Waals surface area contributed by atoms with Crippen molar-refractivity contribution in [2.24, 2.45) is 0 Å². The quantitative estimate of drug-likeness (QED) is 0.522. The van der Waals surface area contributed by atoms with Gasteiger partial charge < -0.3 is 14.4 Å². The Morgan fingerprint density at radius 1 is 1.12 bits per heavy atom. The maximum Gasteiger partial charge on any atom is 0.255 e. The van der Waals surface area contributed by atoms with Crippen LogP contribution in [0.2, 0.25) is 0 Å². The van der Waals surface area contributed by atoms with E-state index in [1.54, 1.807) is 24.3 Å². The van der Waals surface area contributed by atoms with Gasteiger partial charge in [0.2, 0.25) is 0 Å². The van der Waals surface area contributed by atoms with Crippen LogP contribution in [0.4, 0.5) is 13.2 Å². The first-order chi connectivity index (χ1) is 11.8. The zero-order valence-electron chi connectivity index (χ0n) is 12.8. The largest absolute Gasteiger partial charge is 0.507 e. The molecule has 25 heavy (non-hydrogen) atoms. The van der Waals surface area contributed by atoms with E-state index < -0.39 is 44.1 Å². The summed E-state index contributed by atoms with van der Waals surface area (Å²) in [5, 5.41) is 9.12. The Bertz CT molecular complexity index is 1030. The van der Waals surface area contributed by atoms with Crippen molar-refractivity contribution in [1.82, 2.24) is 4.57 Å². The summed E-state index contributed by atoms with van der Waals surface area (Å²) in [5.74, 6) is -4.32. The molecule has 1 heterocycles. The molecule has 8 heteroatoms. The predicted molar refractivity (Wildman–Crippen MR) is 89.5 cm³/mol. The van der Waals surface area contributed by atoms with Crippen molar-refractivity contribution in [2.75, 3.05) is 7.11 Å². The van der Waals surface area contributed by atoms with E-state index in [1.807, 2.05) is 0 Å². The normalized spacial score (nSPS) is 11.1. The molecular weight excluding hydrogens is 403 g/mol. The van der Waals surface area contributed by atoms with Crippen LogP contribution in [0.1, 0.15) is 5.56 Å². The van der Waals surface area contributed by atoms with Gasteiger partial charge in [0.1, 0.15) is 11.5 Å². The molecule has 1 N–H and O–H groups in total. The zero-order valence-corrected chi connectivity index (χ0v) is 14.4. The summed E-state index contributed by atoms with van der Waals surface area (Å²) < 4.78 is 47.7. The van der Waals surface area contributed by atoms with E-state index in [0.29, 0.717) is 11.3 Å². The molecule has 3 rings (SSSR count). The molecule has 0 fully saturated rings. The van der Waals surface area contributed by atoms with Crippen LogP contribution in [-0.4, -0.2) is 16.8 Å². The summed E-state index contributed by atoms with van der Waals surface area (Å²) >= 11 is 2.64. The number of aromatic hydroxyl groups is 1. The number of hydrogen-bond acceptors (Lipinski definition) is 3. The van der Waals surface area contributed by atoms with Crippen LogP contribution >= 0.6 is 15.9 Å². The number of ether oxygens (including phenoxy) is 1. The summed E-state index contributed by atoms with van der Waals surface area (Å²) in [6.45, 7) is -0.103. The van der Waals surface area contributed by atoms with Crippen LogP contribution in [0.3, 0.4) is 0 Å². The number of hydrogen-bond donors (Lipinski definition) is 1. The van der Waals surface area contributed by atoms with Gasteiger partial charge in [-0.15, -0.1) is 0 Å². The van der Waals surface area contributed by atoms with E-state index in [9.17, 15) is 23.1 Å². The first kappa shape index (κ1) is 17.3. The first-order valence-electron chi connectivity index (χ1n) is 7.06. The maximum absolute atomic E-state index is 14.5. The van der Waals surface area contributed by atoms with Crippen molar-refractivity contribution < 1.29 is 23.0 Å². The Morgan fingerprint density at radius 3 is 2.36 bits per heavy atom. The average Bonchev–Trinajstić information content (AvgIpc) is 2.60. The fourth-order valence-corrected chi connectivity index (χ4v) is 2.92. The second-order valence-electron chi connectivity index (χ2n) is 5.28. The van der Waals surface area contributed by atoms with Gasteiger partial charge in [0.15, 0.2) is 17.5 Å². The lowest BCUT2D eigenvalue weighted by atomic mass is 10.1. The van der Waals surface area contributed by atoms with Gasteiger partial charge in [-0.25, -0.2) is 13.2 Å². The highest BCUT2D eigenvalue weighted by atomic mass is 79.9. The number of aromatic nitrogens is 1. The topological polar surface area (TPSA) is 51.5 Å². The van der Waals surface area contributed by atoms with Gasteiger partial charge in [-0.3, -0.25) is 4.79 Å². The summed E-state index contributed by atoms with van der Waals surface area (Å²) in [5.41, 5.74) is -0.667. The second kappa shape index (κ2) is 6.44. The van der Waals surface area contributed by atoms with E-state index in [2.05, 4.69) is 15.9 Å². The van der Waals surface area contributed by atoms with Crippen molar-refractivity contribution in [1.29, 1.82) is 0 Å². The summed E-state index contributed by atoms with van der Waals surface area (Å²) in [4.78, 5) is 12.2. The Morgan fingerprint density at radius 2 is 1.76 bits per heavy atom. The van der Waals surface area contributed by atoms with Crippen LogP contribution in [0.25, 0.3) is 10.9 Å². The number of nitrogens with zero attached hydrogens (tertiary/aromatic N) is 1. The maximum atomic E-state index is 14.5. The van der Waals surface area contributed by atoms with Gasteiger partial charge in [0.25, 0.3) is 5.56 Å².